The lowest BCUT2D eigenvalue weighted by Crippen LogP contribution is -1.87. The number of nitrogen functional groups attached to an aromatic ring is 1. The maximum Gasteiger partial charge on any atom is 0.131 e. The van der Waals surface area contributed by atoms with E-state index < -0.39 is 0 Å². The van der Waals surface area contributed by atoms with Crippen LogP contribution in [0.15, 0.2) is 85.2 Å². The molecule has 3 heterocycles. The molecule has 4 N–H and O–H groups in total. The average molecular weight is 419 g/mol. The zero-order chi connectivity index (χ0) is 21.7. The summed E-state index contributed by atoms with van der Waals surface area (Å²) in [7, 11) is 0. The minimum Gasteiger partial charge on any atom is -0.397 e. The van der Waals surface area contributed by atoms with E-state index in [1.54, 1.807) is 24.5 Å². The van der Waals surface area contributed by atoms with Crippen LogP contribution in [0.5, 0.6) is 0 Å². The molecule has 0 saturated carbocycles. The lowest BCUT2D eigenvalue weighted by atomic mass is 10.0. The number of hydrogen-bond donors (Lipinski definition) is 3. The average Bonchev–Trinajstić information content (AvgIpc) is 3.43. The van der Waals surface area contributed by atoms with Gasteiger partial charge in [0.1, 0.15) is 11.5 Å². The summed E-state index contributed by atoms with van der Waals surface area (Å²) in [5, 5.41) is 9.59. The topological polar surface area (TPSA) is 83.4 Å². The van der Waals surface area contributed by atoms with Crippen LogP contribution in [0.25, 0.3) is 55.4 Å². The second-order valence-electron chi connectivity index (χ2n) is 7.77. The van der Waals surface area contributed by atoms with E-state index in [9.17, 15) is 4.39 Å². The number of aromatic amines is 2. The third-order valence-electron chi connectivity index (χ3n) is 5.74. The Labute approximate surface area is 182 Å². The third-order valence-corrected chi connectivity index (χ3v) is 5.74. The van der Waals surface area contributed by atoms with Crippen LogP contribution in [-0.4, -0.2) is 20.2 Å². The van der Waals surface area contributed by atoms with Crippen molar-refractivity contribution in [1.82, 2.24) is 20.2 Å². The molecule has 154 valence electrons. The molecule has 5 nitrogen and oxygen atoms in total. The van der Waals surface area contributed by atoms with E-state index >= 15 is 0 Å². The lowest BCUT2D eigenvalue weighted by Gasteiger charge is -2.04. The van der Waals surface area contributed by atoms with Crippen LogP contribution in [0, 0.1) is 5.82 Å². The highest BCUT2D eigenvalue weighted by molar-refractivity contribution is 6.02. The van der Waals surface area contributed by atoms with Gasteiger partial charge in [-0.1, -0.05) is 36.4 Å². The number of nitrogens with zero attached hydrogens (tertiary/aromatic N) is 2. The van der Waals surface area contributed by atoms with Gasteiger partial charge in [-0.15, -0.1) is 0 Å². The quantitative estimate of drug-likeness (QED) is 0.321. The monoisotopic (exact) mass is 419 g/mol. The lowest BCUT2D eigenvalue weighted by molar-refractivity contribution is 0.631. The minimum absolute atomic E-state index is 0.242. The summed E-state index contributed by atoms with van der Waals surface area (Å²) in [5.41, 5.74) is 13.4. The second-order valence-corrected chi connectivity index (χ2v) is 7.77. The predicted octanol–water partition coefficient (Wildman–Crippen LogP) is 6.16. The number of rotatable bonds is 3. The highest BCUT2D eigenvalue weighted by atomic mass is 19.1. The standard InChI is InChI=1S/C26H18FN5/c27-22-6-2-1-4-19(22)18-5-3-7-23-20(18)12-25(30-23)26-21-11-15(8-9-24(21)31-32-26)16-10-17(28)14-29-13-16/h1-14,30H,28H2,(H,31,32). The Morgan fingerprint density at radius 3 is 2.50 bits per heavy atom. The van der Waals surface area contributed by atoms with Gasteiger partial charge in [0.15, 0.2) is 0 Å². The first-order chi connectivity index (χ1) is 15.7. The van der Waals surface area contributed by atoms with Crippen molar-refractivity contribution in [2.45, 2.75) is 0 Å². The number of H-pyrrole nitrogens is 2. The molecule has 0 aliphatic heterocycles. The number of aromatic nitrogens is 4. The van der Waals surface area contributed by atoms with Gasteiger partial charge in [-0.2, -0.15) is 5.10 Å². The molecule has 0 amide bonds. The molecule has 0 aliphatic carbocycles. The van der Waals surface area contributed by atoms with E-state index in [0.717, 1.165) is 49.9 Å². The van der Waals surface area contributed by atoms with Gasteiger partial charge in [0.2, 0.25) is 0 Å². The number of nitrogens with two attached hydrogens (primary N) is 1. The van der Waals surface area contributed by atoms with Crippen molar-refractivity contribution >= 4 is 27.5 Å². The van der Waals surface area contributed by atoms with Gasteiger partial charge in [-0.05, 0) is 47.5 Å². The number of nitrogens with one attached hydrogen (secondary N) is 2. The molecule has 0 bridgehead atoms. The fourth-order valence-corrected chi connectivity index (χ4v) is 4.21. The third kappa shape index (κ3) is 2.93. The Bertz CT molecular complexity index is 1610. The Kier molecular flexibility index (Phi) is 4.04. The molecule has 0 spiro atoms. The molecule has 32 heavy (non-hydrogen) atoms. The van der Waals surface area contributed by atoms with Crippen LogP contribution >= 0.6 is 0 Å². The molecule has 6 heteroatoms. The van der Waals surface area contributed by atoms with Gasteiger partial charge in [-0.3, -0.25) is 10.1 Å². The smallest absolute Gasteiger partial charge is 0.131 e. The number of hydrogen-bond acceptors (Lipinski definition) is 3. The fraction of sp³-hybridized carbons (Fsp3) is 0. The van der Waals surface area contributed by atoms with Gasteiger partial charge < -0.3 is 10.7 Å². The largest absolute Gasteiger partial charge is 0.397 e. The normalized spacial score (nSPS) is 11.4. The first kappa shape index (κ1) is 18.3. The van der Waals surface area contributed by atoms with Gasteiger partial charge in [0.25, 0.3) is 0 Å². The summed E-state index contributed by atoms with van der Waals surface area (Å²) in [6, 6.07) is 22.7. The molecule has 3 aromatic heterocycles. The molecule has 6 rings (SSSR count). The fourth-order valence-electron chi connectivity index (χ4n) is 4.21. The number of fused-ring (bicyclic) bond motifs is 2. The molecule has 0 radical (unpaired) electrons. The van der Waals surface area contributed by atoms with Gasteiger partial charge in [0.05, 0.1) is 16.9 Å². The Balaban J connectivity index is 1.52. The van der Waals surface area contributed by atoms with Crippen LogP contribution in [0.1, 0.15) is 0 Å². The van der Waals surface area contributed by atoms with Crippen LogP contribution in [0.3, 0.4) is 0 Å². The van der Waals surface area contributed by atoms with Crippen molar-refractivity contribution in [3.05, 3.63) is 91.0 Å². The van der Waals surface area contributed by atoms with Gasteiger partial charge in [-0.25, -0.2) is 4.39 Å². The van der Waals surface area contributed by atoms with E-state index in [1.165, 1.54) is 6.07 Å². The van der Waals surface area contributed by atoms with Crippen molar-refractivity contribution in [2.75, 3.05) is 5.73 Å². The van der Waals surface area contributed by atoms with E-state index in [1.807, 2.05) is 48.5 Å². The van der Waals surface area contributed by atoms with Crippen molar-refractivity contribution in [3.8, 4) is 33.6 Å². The predicted molar refractivity (Wildman–Crippen MR) is 126 cm³/mol. The number of pyridine rings is 1. The summed E-state index contributed by atoms with van der Waals surface area (Å²) < 4.78 is 14.5. The summed E-state index contributed by atoms with van der Waals surface area (Å²) in [6.07, 6.45) is 3.42. The van der Waals surface area contributed by atoms with Gasteiger partial charge in [0, 0.05) is 39.8 Å². The summed E-state index contributed by atoms with van der Waals surface area (Å²) >= 11 is 0. The second kappa shape index (κ2) is 7.06. The molecule has 0 saturated heterocycles. The number of halogens is 1. The van der Waals surface area contributed by atoms with Crippen molar-refractivity contribution in [2.24, 2.45) is 0 Å². The molecule has 0 aliphatic rings. The molecular formula is C26H18FN5. The first-order valence-electron chi connectivity index (χ1n) is 10.2. The van der Waals surface area contributed by atoms with Crippen LogP contribution in [0.4, 0.5) is 10.1 Å². The Hall–Kier alpha value is -4.45. The van der Waals surface area contributed by atoms with E-state index in [2.05, 4.69) is 26.2 Å². The molecule has 0 atom stereocenters. The Morgan fingerprint density at radius 1 is 0.750 bits per heavy atom. The zero-order valence-corrected chi connectivity index (χ0v) is 16.9. The van der Waals surface area contributed by atoms with Gasteiger partial charge >= 0.3 is 0 Å². The Morgan fingerprint density at radius 2 is 1.62 bits per heavy atom. The number of benzene rings is 3. The summed E-state index contributed by atoms with van der Waals surface area (Å²) in [6.45, 7) is 0. The summed E-state index contributed by atoms with van der Waals surface area (Å²) in [5.74, 6) is -0.242. The van der Waals surface area contributed by atoms with Crippen LogP contribution < -0.4 is 5.73 Å². The maximum absolute atomic E-state index is 14.5. The molecule has 0 fully saturated rings. The van der Waals surface area contributed by atoms with E-state index in [0.29, 0.717) is 11.3 Å². The SMILES string of the molecule is Nc1cncc(-c2ccc3[nH]nc(-c4cc5c(-c6ccccc6F)cccc5[nH]4)c3c2)c1. The van der Waals surface area contributed by atoms with Crippen LogP contribution in [0.2, 0.25) is 0 Å². The molecule has 3 aromatic carbocycles. The first-order valence-corrected chi connectivity index (χ1v) is 10.2. The van der Waals surface area contributed by atoms with Crippen molar-refractivity contribution in [3.63, 3.8) is 0 Å². The highest BCUT2D eigenvalue weighted by Crippen LogP contribution is 2.36. The van der Waals surface area contributed by atoms with E-state index in [-0.39, 0.29) is 5.82 Å². The maximum atomic E-state index is 14.5. The zero-order valence-electron chi connectivity index (χ0n) is 16.9. The van der Waals surface area contributed by atoms with Crippen LogP contribution in [-0.2, 0) is 0 Å². The van der Waals surface area contributed by atoms with E-state index in [4.69, 9.17) is 5.73 Å². The number of anilines is 1. The minimum atomic E-state index is -0.242. The molecular weight excluding hydrogens is 401 g/mol. The van der Waals surface area contributed by atoms with Crippen molar-refractivity contribution in [1.29, 1.82) is 0 Å². The molecule has 0 unspecified atom stereocenters. The van der Waals surface area contributed by atoms with Crippen molar-refractivity contribution < 1.29 is 4.39 Å². The molecule has 6 aromatic rings. The summed E-state index contributed by atoms with van der Waals surface area (Å²) in [4.78, 5) is 7.65. The highest BCUT2D eigenvalue weighted by Gasteiger charge is 2.15.